The SMILES string of the molecule is COC1(O)C=Cc2ccccc2C1. The van der Waals surface area contributed by atoms with Crippen molar-refractivity contribution in [3.05, 3.63) is 41.5 Å². The van der Waals surface area contributed by atoms with Gasteiger partial charge in [0.1, 0.15) is 0 Å². The average Bonchev–Trinajstić information content (AvgIpc) is 2.18. The summed E-state index contributed by atoms with van der Waals surface area (Å²) < 4.78 is 5.00. The predicted molar refractivity (Wildman–Crippen MR) is 51.1 cm³/mol. The fraction of sp³-hybridized carbons (Fsp3) is 0.273. The molecule has 0 saturated carbocycles. The van der Waals surface area contributed by atoms with Gasteiger partial charge in [0.2, 0.25) is 0 Å². The van der Waals surface area contributed by atoms with Gasteiger partial charge in [-0.25, -0.2) is 0 Å². The monoisotopic (exact) mass is 176 g/mol. The molecule has 1 aromatic rings. The first kappa shape index (κ1) is 8.48. The van der Waals surface area contributed by atoms with Crippen LogP contribution in [0.4, 0.5) is 0 Å². The zero-order valence-electron chi connectivity index (χ0n) is 7.53. The van der Waals surface area contributed by atoms with Crippen molar-refractivity contribution in [1.29, 1.82) is 0 Å². The van der Waals surface area contributed by atoms with E-state index in [2.05, 4.69) is 0 Å². The van der Waals surface area contributed by atoms with Crippen LogP contribution < -0.4 is 0 Å². The first-order chi connectivity index (χ1) is 6.23. The molecule has 0 radical (unpaired) electrons. The number of rotatable bonds is 1. The van der Waals surface area contributed by atoms with Crippen LogP contribution in [0.1, 0.15) is 11.1 Å². The summed E-state index contributed by atoms with van der Waals surface area (Å²) in [6.07, 6.45) is 4.11. The molecule has 2 nitrogen and oxygen atoms in total. The van der Waals surface area contributed by atoms with Crippen LogP contribution in [-0.4, -0.2) is 18.0 Å². The van der Waals surface area contributed by atoms with Crippen molar-refractivity contribution in [2.75, 3.05) is 7.11 Å². The van der Waals surface area contributed by atoms with Crippen LogP contribution in [0.3, 0.4) is 0 Å². The van der Waals surface area contributed by atoms with Gasteiger partial charge in [0.25, 0.3) is 0 Å². The molecule has 1 aliphatic rings. The van der Waals surface area contributed by atoms with Gasteiger partial charge < -0.3 is 9.84 Å². The lowest BCUT2D eigenvalue weighted by molar-refractivity contribution is -0.144. The number of aliphatic hydroxyl groups is 1. The Hall–Kier alpha value is -1.12. The highest BCUT2D eigenvalue weighted by molar-refractivity contribution is 5.57. The molecule has 0 heterocycles. The fourth-order valence-electron chi connectivity index (χ4n) is 1.55. The van der Waals surface area contributed by atoms with Crippen LogP contribution in [0.25, 0.3) is 6.08 Å². The van der Waals surface area contributed by atoms with E-state index < -0.39 is 5.79 Å². The number of hydrogen-bond acceptors (Lipinski definition) is 2. The second kappa shape index (κ2) is 2.98. The highest BCUT2D eigenvalue weighted by Crippen LogP contribution is 2.25. The van der Waals surface area contributed by atoms with Gasteiger partial charge in [-0.2, -0.15) is 0 Å². The van der Waals surface area contributed by atoms with E-state index in [0.717, 1.165) is 11.1 Å². The predicted octanol–water partition coefficient (Wildman–Crippen LogP) is 1.59. The lowest BCUT2D eigenvalue weighted by atomic mass is 9.93. The molecular weight excluding hydrogens is 164 g/mol. The van der Waals surface area contributed by atoms with Crippen LogP contribution in [0.2, 0.25) is 0 Å². The summed E-state index contributed by atoms with van der Waals surface area (Å²) in [6, 6.07) is 7.98. The molecule has 0 spiro atoms. The van der Waals surface area contributed by atoms with E-state index in [1.165, 1.54) is 7.11 Å². The molecule has 0 aliphatic heterocycles. The first-order valence-corrected chi connectivity index (χ1v) is 4.28. The Morgan fingerprint density at radius 3 is 2.92 bits per heavy atom. The lowest BCUT2D eigenvalue weighted by Crippen LogP contribution is -2.33. The van der Waals surface area contributed by atoms with Crippen LogP contribution >= 0.6 is 0 Å². The van der Waals surface area contributed by atoms with Crippen LogP contribution in [0.5, 0.6) is 0 Å². The minimum absolute atomic E-state index is 0.524. The lowest BCUT2D eigenvalue weighted by Gasteiger charge is -2.26. The molecule has 1 unspecified atom stereocenters. The van der Waals surface area contributed by atoms with E-state index in [0.29, 0.717) is 6.42 Å². The molecule has 0 aromatic heterocycles. The fourth-order valence-corrected chi connectivity index (χ4v) is 1.55. The van der Waals surface area contributed by atoms with Crippen LogP contribution in [0.15, 0.2) is 30.3 Å². The summed E-state index contributed by atoms with van der Waals surface area (Å²) in [4.78, 5) is 0. The van der Waals surface area contributed by atoms with Gasteiger partial charge >= 0.3 is 0 Å². The van der Waals surface area contributed by atoms with Crippen molar-refractivity contribution in [3.8, 4) is 0 Å². The molecule has 13 heavy (non-hydrogen) atoms. The number of benzene rings is 1. The van der Waals surface area contributed by atoms with E-state index in [9.17, 15) is 5.11 Å². The number of fused-ring (bicyclic) bond motifs is 1. The van der Waals surface area contributed by atoms with Crippen molar-refractivity contribution in [1.82, 2.24) is 0 Å². The first-order valence-electron chi connectivity index (χ1n) is 4.28. The number of ether oxygens (including phenoxy) is 1. The Morgan fingerprint density at radius 1 is 1.38 bits per heavy atom. The summed E-state index contributed by atoms with van der Waals surface area (Å²) in [5, 5.41) is 9.82. The normalized spacial score (nSPS) is 25.7. The summed E-state index contributed by atoms with van der Waals surface area (Å²) in [7, 11) is 1.51. The van der Waals surface area contributed by atoms with Crippen LogP contribution in [0, 0.1) is 0 Å². The Morgan fingerprint density at radius 2 is 2.15 bits per heavy atom. The quantitative estimate of drug-likeness (QED) is 0.658. The summed E-state index contributed by atoms with van der Waals surface area (Å²) in [6.45, 7) is 0. The molecule has 1 aromatic carbocycles. The Kier molecular flexibility index (Phi) is 1.94. The Balaban J connectivity index is 2.39. The average molecular weight is 176 g/mol. The summed E-state index contributed by atoms with van der Waals surface area (Å²) in [5.74, 6) is -1.12. The second-order valence-electron chi connectivity index (χ2n) is 3.26. The second-order valence-corrected chi connectivity index (χ2v) is 3.26. The van der Waals surface area contributed by atoms with Crippen molar-refractivity contribution < 1.29 is 9.84 Å². The van der Waals surface area contributed by atoms with Gasteiger partial charge in [0.15, 0.2) is 5.79 Å². The third-order valence-electron chi connectivity index (χ3n) is 2.38. The Bertz CT molecular complexity index is 344. The topological polar surface area (TPSA) is 29.5 Å². The molecule has 0 saturated heterocycles. The van der Waals surface area contributed by atoms with Crippen molar-refractivity contribution >= 4 is 6.08 Å². The number of hydrogen-bond donors (Lipinski definition) is 1. The minimum Gasteiger partial charge on any atom is -0.362 e. The standard InChI is InChI=1S/C11H12O2/c1-13-11(12)7-6-9-4-2-3-5-10(9)8-11/h2-7,12H,8H2,1H3. The maximum Gasteiger partial charge on any atom is 0.189 e. The van der Waals surface area contributed by atoms with E-state index in [4.69, 9.17) is 4.74 Å². The van der Waals surface area contributed by atoms with E-state index in [1.807, 2.05) is 30.3 Å². The third kappa shape index (κ3) is 1.50. The van der Waals surface area contributed by atoms with Crippen LogP contribution in [-0.2, 0) is 11.2 Å². The van der Waals surface area contributed by atoms with Gasteiger partial charge in [-0.15, -0.1) is 0 Å². The summed E-state index contributed by atoms with van der Waals surface area (Å²) in [5.41, 5.74) is 2.28. The molecule has 1 N–H and O–H groups in total. The molecule has 1 aliphatic carbocycles. The molecule has 0 fully saturated rings. The van der Waals surface area contributed by atoms with Gasteiger partial charge in [-0.1, -0.05) is 30.3 Å². The molecule has 2 heteroatoms. The van der Waals surface area contributed by atoms with E-state index >= 15 is 0 Å². The largest absolute Gasteiger partial charge is 0.362 e. The summed E-state index contributed by atoms with van der Waals surface area (Å²) >= 11 is 0. The van der Waals surface area contributed by atoms with Crippen molar-refractivity contribution in [3.63, 3.8) is 0 Å². The molecule has 0 amide bonds. The van der Waals surface area contributed by atoms with E-state index in [1.54, 1.807) is 6.08 Å². The molecule has 2 rings (SSSR count). The molecule has 68 valence electrons. The maximum atomic E-state index is 9.82. The Labute approximate surface area is 77.5 Å². The third-order valence-corrected chi connectivity index (χ3v) is 2.38. The minimum atomic E-state index is -1.12. The number of methoxy groups -OCH3 is 1. The highest BCUT2D eigenvalue weighted by Gasteiger charge is 2.26. The zero-order chi connectivity index (χ0) is 9.31. The zero-order valence-corrected chi connectivity index (χ0v) is 7.53. The van der Waals surface area contributed by atoms with Crippen molar-refractivity contribution in [2.24, 2.45) is 0 Å². The van der Waals surface area contributed by atoms with Gasteiger partial charge in [-0.05, 0) is 17.2 Å². The maximum absolute atomic E-state index is 9.82. The van der Waals surface area contributed by atoms with Gasteiger partial charge in [-0.3, -0.25) is 0 Å². The van der Waals surface area contributed by atoms with Gasteiger partial charge in [0, 0.05) is 13.5 Å². The molecule has 0 bridgehead atoms. The molecule has 1 atom stereocenters. The van der Waals surface area contributed by atoms with E-state index in [-0.39, 0.29) is 0 Å². The highest BCUT2D eigenvalue weighted by atomic mass is 16.6. The van der Waals surface area contributed by atoms with Crippen molar-refractivity contribution in [2.45, 2.75) is 12.2 Å². The molecular formula is C11H12O2. The van der Waals surface area contributed by atoms with Gasteiger partial charge in [0.05, 0.1) is 0 Å². The smallest absolute Gasteiger partial charge is 0.189 e.